The molecule has 0 saturated carbocycles. The summed E-state index contributed by atoms with van der Waals surface area (Å²) in [5, 5.41) is 0. The van der Waals surface area contributed by atoms with E-state index in [1.807, 2.05) is 49.7 Å². The molecule has 0 saturated heterocycles. The molecule has 6 nitrogen and oxygen atoms in total. The van der Waals surface area contributed by atoms with E-state index in [9.17, 15) is 0 Å². The normalized spacial score (nSPS) is 11.3. The third kappa shape index (κ3) is 2.19. The molecule has 0 aliphatic rings. The van der Waals surface area contributed by atoms with Crippen LogP contribution in [0.15, 0.2) is 36.9 Å². The molecule has 3 heterocycles. The minimum Gasteiger partial charge on any atom is -0.348 e. The SMILES string of the molecule is Cc1nc2ccc(-n3ccnc3-c3nc[nH]c3C)cc2nc1C. The Kier molecular flexibility index (Phi) is 2.97. The maximum absolute atomic E-state index is 4.64. The van der Waals surface area contributed by atoms with Crippen molar-refractivity contribution in [2.75, 3.05) is 0 Å². The summed E-state index contributed by atoms with van der Waals surface area (Å²) in [5.41, 5.74) is 6.51. The number of fused-ring (bicyclic) bond motifs is 1. The van der Waals surface area contributed by atoms with Crippen LogP contribution in [-0.2, 0) is 0 Å². The summed E-state index contributed by atoms with van der Waals surface area (Å²) >= 11 is 0. The zero-order valence-electron chi connectivity index (χ0n) is 13.2. The summed E-state index contributed by atoms with van der Waals surface area (Å²) in [6.45, 7) is 5.94. The third-order valence-corrected chi connectivity index (χ3v) is 4.02. The van der Waals surface area contributed by atoms with Gasteiger partial charge in [-0.3, -0.25) is 4.57 Å². The van der Waals surface area contributed by atoms with E-state index in [1.165, 1.54) is 0 Å². The van der Waals surface area contributed by atoms with Crippen LogP contribution in [0.2, 0.25) is 0 Å². The summed E-state index contributed by atoms with van der Waals surface area (Å²) in [6.07, 6.45) is 5.39. The summed E-state index contributed by atoms with van der Waals surface area (Å²) < 4.78 is 2.01. The van der Waals surface area contributed by atoms with Crippen LogP contribution in [0.4, 0.5) is 0 Å². The van der Waals surface area contributed by atoms with Gasteiger partial charge in [0, 0.05) is 23.8 Å². The molecule has 23 heavy (non-hydrogen) atoms. The first kappa shape index (κ1) is 13.6. The molecule has 0 atom stereocenters. The number of imidazole rings is 2. The van der Waals surface area contributed by atoms with Gasteiger partial charge in [0.1, 0.15) is 5.69 Å². The number of nitrogens with one attached hydrogen (secondary N) is 1. The molecule has 1 N–H and O–H groups in total. The number of aromatic nitrogens is 6. The Bertz CT molecular complexity index is 1010. The molecule has 4 rings (SSSR count). The van der Waals surface area contributed by atoms with Crippen LogP contribution in [-0.4, -0.2) is 29.5 Å². The molecular weight excluding hydrogens is 288 g/mol. The number of H-pyrrole nitrogens is 1. The number of nitrogens with zero attached hydrogens (tertiary/aromatic N) is 5. The van der Waals surface area contributed by atoms with Gasteiger partial charge in [0.05, 0.1) is 28.7 Å². The van der Waals surface area contributed by atoms with Gasteiger partial charge in [0.2, 0.25) is 0 Å². The summed E-state index contributed by atoms with van der Waals surface area (Å²) in [5.74, 6) is 0.805. The molecule has 0 radical (unpaired) electrons. The fraction of sp³-hybridized carbons (Fsp3) is 0.176. The average molecular weight is 304 g/mol. The van der Waals surface area contributed by atoms with Gasteiger partial charge in [-0.1, -0.05) is 0 Å². The van der Waals surface area contributed by atoms with Crippen molar-refractivity contribution in [3.05, 3.63) is 54.0 Å². The number of aryl methyl sites for hydroxylation is 3. The Labute approximate surface area is 133 Å². The van der Waals surface area contributed by atoms with Gasteiger partial charge in [-0.15, -0.1) is 0 Å². The number of benzene rings is 1. The highest BCUT2D eigenvalue weighted by atomic mass is 15.1. The van der Waals surface area contributed by atoms with Crippen LogP contribution in [0, 0.1) is 20.8 Å². The minimum absolute atomic E-state index is 0.805. The van der Waals surface area contributed by atoms with E-state index in [0.29, 0.717) is 0 Å². The molecule has 0 bridgehead atoms. The predicted octanol–water partition coefficient (Wildman–Crippen LogP) is 3.13. The van der Waals surface area contributed by atoms with Gasteiger partial charge in [-0.05, 0) is 39.0 Å². The van der Waals surface area contributed by atoms with Gasteiger partial charge < -0.3 is 4.98 Å². The molecule has 0 aliphatic heterocycles. The monoisotopic (exact) mass is 304 g/mol. The maximum Gasteiger partial charge on any atom is 0.165 e. The molecule has 6 heteroatoms. The zero-order valence-corrected chi connectivity index (χ0v) is 13.2. The van der Waals surface area contributed by atoms with E-state index in [4.69, 9.17) is 0 Å². The van der Waals surface area contributed by atoms with Crippen molar-refractivity contribution in [2.45, 2.75) is 20.8 Å². The summed E-state index contributed by atoms with van der Waals surface area (Å²) in [6, 6.07) is 6.05. The van der Waals surface area contributed by atoms with Crippen LogP contribution < -0.4 is 0 Å². The molecule has 0 spiro atoms. The van der Waals surface area contributed by atoms with Gasteiger partial charge in [0.25, 0.3) is 0 Å². The van der Waals surface area contributed by atoms with Gasteiger partial charge in [-0.25, -0.2) is 19.9 Å². The Morgan fingerprint density at radius 1 is 0.957 bits per heavy atom. The second-order valence-corrected chi connectivity index (χ2v) is 5.56. The fourth-order valence-corrected chi connectivity index (χ4v) is 2.64. The standard InChI is InChI=1S/C17H16N6/c1-10-11(2)22-15-8-13(4-5-14(15)21-10)23-7-6-18-17(23)16-12(3)19-9-20-16/h4-9H,1-3H3,(H,19,20). The molecule has 0 unspecified atom stereocenters. The zero-order chi connectivity index (χ0) is 16.0. The van der Waals surface area contributed by atoms with Crippen molar-refractivity contribution in [1.82, 2.24) is 29.5 Å². The van der Waals surface area contributed by atoms with Crippen LogP contribution in [0.1, 0.15) is 17.1 Å². The second kappa shape index (κ2) is 5.01. The van der Waals surface area contributed by atoms with Crippen molar-refractivity contribution in [3.63, 3.8) is 0 Å². The number of rotatable bonds is 2. The minimum atomic E-state index is 0.805. The number of hydrogen-bond acceptors (Lipinski definition) is 4. The Morgan fingerprint density at radius 2 is 1.74 bits per heavy atom. The van der Waals surface area contributed by atoms with Crippen LogP contribution in [0.5, 0.6) is 0 Å². The van der Waals surface area contributed by atoms with Crippen molar-refractivity contribution in [3.8, 4) is 17.2 Å². The van der Waals surface area contributed by atoms with E-state index in [1.54, 1.807) is 12.5 Å². The highest BCUT2D eigenvalue weighted by Crippen LogP contribution is 2.24. The molecular formula is C17H16N6. The van der Waals surface area contributed by atoms with Crippen molar-refractivity contribution in [2.24, 2.45) is 0 Å². The Morgan fingerprint density at radius 3 is 2.48 bits per heavy atom. The molecule has 0 amide bonds. The van der Waals surface area contributed by atoms with Crippen LogP contribution >= 0.6 is 0 Å². The van der Waals surface area contributed by atoms with Crippen LogP contribution in [0.25, 0.3) is 28.2 Å². The molecule has 1 aromatic carbocycles. The molecule has 114 valence electrons. The lowest BCUT2D eigenvalue weighted by Crippen LogP contribution is -1.99. The Balaban J connectivity index is 1.89. The summed E-state index contributed by atoms with van der Waals surface area (Å²) in [4.78, 5) is 21.1. The lowest BCUT2D eigenvalue weighted by atomic mass is 10.2. The fourth-order valence-electron chi connectivity index (χ4n) is 2.64. The molecule has 3 aromatic heterocycles. The summed E-state index contributed by atoms with van der Waals surface area (Å²) in [7, 11) is 0. The first-order valence-corrected chi connectivity index (χ1v) is 7.42. The smallest absolute Gasteiger partial charge is 0.165 e. The Hall–Kier alpha value is -3.02. The highest BCUT2D eigenvalue weighted by molar-refractivity contribution is 5.77. The first-order chi connectivity index (χ1) is 11.1. The predicted molar refractivity (Wildman–Crippen MR) is 88.5 cm³/mol. The largest absolute Gasteiger partial charge is 0.348 e. The molecule has 4 aromatic rings. The van der Waals surface area contributed by atoms with Gasteiger partial charge in [0.15, 0.2) is 5.82 Å². The lowest BCUT2D eigenvalue weighted by Gasteiger charge is -2.09. The van der Waals surface area contributed by atoms with Gasteiger partial charge >= 0.3 is 0 Å². The highest BCUT2D eigenvalue weighted by Gasteiger charge is 2.13. The number of aromatic amines is 1. The topological polar surface area (TPSA) is 72.3 Å². The number of hydrogen-bond donors (Lipinski definition) is 1. The van der Waals surface area contributed by atoms with E-state index in [2.05, 4.69) is 24.9 Å². The molecule has 0 fully saturated rings. The van der Waals surface area contributed by atoms with E-state index in [0.717, 1.165) is 45.3 Å². The van der Waals surface area contributed by atoms with Crippen molar-refractivity contribution >= 4 is 11.0 Å². The third-order valence-electron chi connectivity index (χ3n) is 4.02. The van der Waals surface area contributed by atoms with Crippen molar-refractivity contribution < 1.29 is 0 Å². The van der Waals surface area contributed by atoms with Gasteiger partial charge in [-0.2, -0.15) is 0 Å². The van der Waals surface area contributed by atoms with E-state index >= 15 is 0 Å². The maximum atomic E-state index is 4.64. The first-order valence-electron chi connectivity index (χ1n) is 7.42. The average Bonchev–Trinajstić information content (AvgIpc) is 3.16. The molecule has 0 aliphatic carbocycles. The van der Waals surface area contributed by atoms with E-state index < -0.39 is 0 Å². The quantitative estimate of drug-likeness (QED) is 0.617. The second-order valence-electron chi connectivity index (χ2n) is 5.56. The van der Waals surface area contributed by atoms with E-state index in [-0.39, 0.29) is 0 Å². The lowest BCUT2D eigenvalue weighted by molar-refractivity contribution is 1.05. The van der Waals surface area contributed by atoms with Crippen molar-refractivity contribution in [1.29, 1.82) is 0 Å². The van der Waals surface area contributed by atoms with Crippen LogP contribution in [0.3, 0.4) is 0 Å².